The zero-order chi connectivity index (χ0) is 11.0. The molecule has 0 saturated heterocycles. The first-order valence-corrected chi connectivity index (χ1v) is 5.83. The number of nitrogens with zero attached hydrogens (tertiary/aromatic N) is 2. The molecule has 0 aliphatic rings. The molecule has 1 aromatic carbocycles. The van der Waals surface area contributed by atoms with Gasteiger partial charge in [0.2, 0.25) is 0 Å². The molecule has 0 fully saturated rings. The van der Waals surface area contributed by atoms with Crippen LogP contribution < -0.4 is 0 Å². The fourth-order valence-electron chi connectivity index (χ4n) is 1.74. The van der Waals surface area contributed by atoms with Gasteiger partial charge in [0.1, 0.15) is 0 Å². The molecule has 0 spiro atoms. The highest BCUT2D eigenvalue weighted by Crippen LogP contribution is 2.27. The van der Waals surface area contributed by atoms with E-state index in [1.165, 1.54) is 0 Å². The molecule has 2 heterocycles. The Balaban J connectivity index is 2.23. The summed E-state index contributed by atoms with van der Waals surface area (Å²) in [5.41, 5.74) is 3.21. The number of fused-ring (bicyclic) bond motifs is 1. The summed E-state index contributed by atoms with van der Waals surface area (Å²) in [7, 11) is 0. The van der Waals surface area contributed by atoms with Crippen LogP contribution in [0, 0.1) is 0 Å². The van der Waals surface area contributed by atoms with Crippen molar-refractivity contribution in [1.29, 1.82) is 0 Å². The minimum absolute atomic E-state index is 0.985. The van der Waals surface area contributed by atoms with E-state index >= 15 is 0 Å². The molecule has 0 aliphatic heterocycles. The van der Waals surface area contributed by atoms with Crippen molar-refractivity contribution in [1.82, 2.24) is 9.61 Å². The Kier molecular flexibility index (Phi) is 2.26. The molecule has 2 nitrogen and oxygen atoms in total. The second-order valence-electron chi connectivity index (χ2n) is 3.58. The summed E-state index contributed by atoms with van der Waals surface area (Å²) in [6.07, 6.45) is 1.95. The second kappa shape index (κ2) is 3.76. The third kappa shape index (κ3) is 1.53. The molecule has 3 aromatic rings. The molecule has 3 rings (SSSR count). The normalized spacial score (nSPS) is 10.8. The van der Waals surface area contributed by atoms with Crippen molar-refractivity contribution in [3.8, 4) is 11.3 Å². The highest BCUT2D eigenvalue weighted by molar-refractivity contribution is 9.10. The minimum Gasteiger partial charge on any atom is -0.240 e. The van der Waals surface area contributed by atoms with Gasteiger partial charge in [-0.2, -0.15) is 5.10 Å². The summed E-state index contributed by atoms with van der Waals surface area (Å²) >= 11 is 3.54. The van der Waals surface area contributed by atoms with Crippen LogP contribution in [-0.4, -0.2) is 9.61 Å². The van der Waals surface area contributed by atoms with Crippen molar-refractivity contribution in [3.05, 3.63) is 59.2 Å². The molecule has 0 amide bonds. The van der Waals surface area contributed by atoms with Gasteiger partial charge in [-0.3, -0.25) is 0 Å². The lowest BCUT2D eigenvalue weighted by atomic mass is 10.1. The zero-order valence-corrected chi connectivity index (χ0v) is 10.1. The van der Waals surface area contributed by atoms with Gasteiger partial charge < -0.3 is 0 Å². The van der Waals surface area contributed by atoms with Crippen molar-refractivity contribution >= 4 is 21.4 Å². The van der Waals surface area contributed by atoms with E-state index in [1.807, 2.05) is 47.1 Å². The van der Waals surface area contributed by atoms with Crippen molar-refractivity contribution in [2.24, 2.45) is 0 Å². The first-order chi connectivity index (χ1) is 7.84. The third-order valence-electron chi connectivity index (χ3n) is 2.52. The minimum atomic E-state index is 0.985. The predicted octanol–water partition coefficient (Wildman–Crippen LogP) is 3.76. The first-order valence-electron chi connectivity index (χ1n) is 5.04. The van der Waals surface area contributed by atoms with E-state index in [2.05, 4.69) is 33.2 Å². The van der Waals surface area contributed by atoms with E-state index in [1.54, 1.807) is 0 Å². The number of benzene rings is 1. The quantitative estimate of drug-likeness (QED) is 0.659. The van der Waals surface area contributed by atoms with Crippen LogP contribution in [-0.2, 0) is 0 Å². The van der Waals surface area contributed by atoms with E-state index in [9.17, 15) is 0 Å². The predicted molar refractivity (Wildman–Crippen MR) is 68.3 cm³/mol. The zero-order valence-electron chi connectivity index (χ0n) is 8.47. The van der Waals surface area contributed by atoms with Crippen LogP contribution in [0.5, 0.6) is 0 Å². The summed E-state index contributed by atoms with van der Waals surface area (Å²) in [6.45, 7) is 0. The number of rotatable bonds is 1. The maximum Gasteiger partial charge on any atom is 0.0945 e. The molecule has 2 aromatic heterocycles. The highest BCUT2D eigenvalue weighted by atomic mass is 79.9. The fraction of sp³-hybridized carbons (Fsp3) is 0. The second-order valence-corrected chi connectivity index (χ2v) is 4.43. The summed E-state index contributed by atoms with van der Waals surface area (Å²) < 4.78 is 2.95. The van der Waals surface area contributed by atoms with Gasteiger partial charge in [-0.15, -0.1) is 0 Å². The van der Waals surface area contributed by atoms with Crippen LogP contribution in [0.2, 0.25) is 0 Å². The van der Waals surface area contributed by atoms with E-state index in [-0.39, 0.29) is 0 Å². The molecular formula is C13H9BrN2. The third-order valence-corrected chi connectivity index (χ3v) is 3.21. The maximum absolute atomic E-state index is 4.53. The standard InChI is InChI=1S/C13H9BrN2/c14-12-7-2-1-6-11(12)13-9-10-5-3-4-8-16(10)15-13/h1-9H. The average Bonchev–Trinajstić information content (AvgIpc) is 2.73. The number of pyridine rings is 1. The van der Waals surface area contributed by atoms with Gasteiger partial charge in [0.25, 0.3) is 0 Å². The van der Waals surface area contributed by atoms with Crippen molar-refractivity contribution < 1.29 is 0 Å². The molecular weight excluding hydrogens is 264 g/mol. The smallest absolute Gasteiger partial charge is 0.0945 e. The van der Waals surface area contributed by atoms with Gasteiger partial charge in [-0.25, -0.2) is 4.52 Å². The fourth-order valence-corrected chi connectivity index (χ4v) is 2.23. The van der Waals surface area contributed by atoms with Crippen molar-refractivity contribution in [3.63, 3.8) is 0 Å². The summed E-state index contributed by atoms with van der Waals surface area (Å²) in [4.78, 5) is 0. The van der Waals surface area contributed by atoms with Crippen molar-refractivity contribution in [2.45, 2.75) is 0 Å². The molecule has 0 radical (unpaired) electrons. The lowest BCUT2D eigenvalue weighted by molar-refractivity contribution is 0.965. The molecule has 0 N–H and O–H groups in total. The number of hydrogen-bond acceptors (Lipinski definition) is 1. The van der Waals surface area contributed by atoms with Gasteiger partial charge in [0.15, 0.2) is 0 Å². The molecule has 0 atom stereocenters. The SMILES string of the molecule is Brc1ccccc1-c1cc2ccccn2n1. The van der Waals surface area contributed by atoms with E-state index < -0.39 is 0 Å². The van der Waals surface area contributed by atoms with Crippen molar-refractivity contribution in [2.75, 3.05) is 0 Å². The molecule has 78 valence electrons. The Labute approximate surface area is 102 Å². The lowest BCUT2D eigenvalue weighted by Gasteiger charge is -1.98. The van der Waals surface area contributed by atoms with Crippen LogP contribution in [0.4, 0.5) is 0 Å². The van der Waals surface area contributed by atoms with E-state index in [0.717, 1.165) is 21.2 Å². The molecule has 3 heteroatoms. The first kappa shape index (κ1) is 9.60. The Morgan fingerprint density at radius 2 is 1.81 bits per heavy atom. The molecule has 0 bridgehead atoms. The Morgan fingerprint density at radius 1 is 1.00 bits per heavy atom. The van der Waals surface area contributed by atoms with Gasteiger partial charge in [0.05, 0.1) is 11.2 Å². The maximum atomic E-state index is 4.53. The molecule has 16 heavy (non-hydrogen) atoms. The molecule has 0 aliphatic carbocycles. The lowest BCUT2D eigenvalue weighted by Crippen LogP contribution is -1.85. The Hall–Kier alpha value is -1.61. The topological polar surface area (TPSA) is 17.3 Å². The Bertz CT molecular complexity index is 610. The van der Waals surface area contributed by atoms with Gasteiger partial charge in [0, 0.05) is 16.2 Å². The summed E-state index contributed by atoms with van der Waals surface area (Å²) in [6, 6.07) is 16.2. The van der Waals surface area contributed by atoms with Crippen LogP contribution in [0.15, 0.2) is 59.2 Å². The molecule has 0 unspecified atom stereocenters. The number of halogens is 1. The van der Waals surface area contributed by atoms with Crippen LogP contribution in [0.25, 0.3) is 16.8 Å². The summed E-state index contributed by atoms with van der Waals surface area (Å²) in [5.74, 6) is 0. The summed E-state index contributed by atoms with van der Waals surface area (Å²) in [5, 5.41) is 4.53. The van der Waals surface area contributed by atoms with Crippen LogP contribution >= 0.6 is 15.9 Å². The van der Waals surface area contributed by atoms with E-state index in [4.69, 9.17) is 0 Å². The number of hydrogen-bond donors (Lipinski definition) is 0. The van der Waals surface area contributed by atoms with E-state index in [0.29, 0.717) is 0 Å². The van der Waals surface area contributed by atoms with Gasteiger partial charge in [-0.1, -0.05) is 40.2 Å². The molecule has 0 saturated carbocycles. The van der Waals surface area contributed by atoms with Gasteiger partial charge >= 0.3 is 0 Å². The van der Waals surface area contributed by atoms with Crippen LogP contribution in [0.1, 0.15) is 0 Å². The largest absolute Gasteiger partial charge is 0.240 e. The highest BCUT2D eigenvalue weighted by Gasteiger charge is 2.06. The number of aromatic nitrogens is 2. The average molecular weight is 273 g/mol. The Morgan fingerprint density at radius 3 is 2.62 bits per heavy atom. The van der Waals surface area contributed by atoms with Gasteiger partial charge in [-0.05, 0) is 24.3 Å². The monoisotopic (exact) mass is 272 g/mol. The van der Waals surface area contributed by atoms with Crippen LogP contribution in [0.3, 0.4) is 0 Å².